The van der Waals surface area contributed by atoms with Gasteiger partial charge in [-0.15, -0.1) is 11.3 Å². The molecule has 3 aromatic rings. The van der Waals surface area contributed by atoms with Crippen LogP contribution in [-0.4, -0.2) is 27.1 Å². The van der Waals surface area contributed by atoms with Crippen LogP contribution in [0.15, 0.2) is 35.8 Å². The molecule has 0 saturated carbocycles. The molecule has 0 bridgehead atoms. The first kappa shape index (κ1) is 12.8. The summed E-state index contributed by atoms with van der Waals surface area (Å²) in [5, 5.41) is 11.9. The largest absolute Gasteiger partial charge is 0.497 e. The molecule has 1 aromatic carbocycles. The number of methoxy groups -OCH3 is 1. The molecule has 20 heavy (non-hydrogen) atoms. The molecule has 0 aliphatic carbocycles. The van der Waals surface area contributed by atoms with E-state index in [-0.39, 0.29) is 0 Å². The normalized spacial score (nSPS) is 10.7. The van der Waals surface area contributed by atoms with Gasteiger partial charge in [-0.05, 0) is 31.2 Å². The summed E-state index contributed by atoms with van der Waals surface area (Å²) in [5.41, 5.74) is 2.69. The first-order valence-corrected chi connectivity index (χ1v) is 7.19. The van der Waals surface area contributed by atoms with Crippen molar-refractivity contribution in [2.24, 2.45) is 0 Å². The maximum Gasteiger partial charge on any atom is 0.149 e. The van der Waals surface area contributed by atoms with E-state index in [0.29, 0.717) is 0 Å². The third-order valence-electron chi connectivity index (χ3n) is 2.94. The van der Waals surface area contributed by atoms with Crippen molar-refractivity contribution in [2.45, 2.75) is 13.5 Å². The molecular formula is C14H14N4OS. The Labute approximate surface area is 120 Å². The number of benzene rings is 1. The minimum Gasteiger partial charge on any atom is -0.497 e. The number of aryl methyl sites for hydroxylation is 1. The van der Waals surface area contributed by atoms with Gasteiger partial charge in [-0.3, -0.25) is 0 Å². The Balaban J connectivity index is 2.09. The Hall–Kier alpha value is -2.21. The van der Waals surface area contributed by atoms with E-state index >= 15 is 0 Å². The molecule has 0 radical (unpaired) electrons. The highest BCUT2D eigenvalue weighted by Gasteiger charge is 2.16. The molecule has 6 heteroatoms. The van der Waals surface area contributed by atoms with Crippen LogP contribution in [-0.2, 0) is 6.54 Å². The topological polar surface area (TPSA) is 52.8 Å². The molecule has 3 rings (SSSR count). The molecule has 0 amide bonds. The first-order valence-electron chi connectivity index (χ1n) is 6.31. The fourth-order valence-corrected chi connectivity index (χ4v) is 2.54. The summed E-state index contributed by atoms with van der Waals surface area (Å²) < 4.78 is 5.18. The Morgan fingerprint density at radius 2 is 1.90 bits per heavy atom. The minimum atomic E-state index is 0.731. The van der Waals surface area contributed by atoms with Gasteiger partial charge in [0, 0.05) is 17.1 Å². The Bertz CT molecular complexity index is 689. The average molecular weight is 286 g/mol. The van der Waals surface area contributed by atoms with Gasteiger partial charge in [-0.2, -0.15) is 15.0 Å². The summed E-state index contributed by atoms with van der Waals surface area (Å²) >= 11 is 1.56. The summed E-state index contributed by atoms with van der Waals surface area (Å²) in [6, 6.07) is 7.82. The van der Waals surface area contributed by atoms with E-state index in [1.54, 1.807) is 29.4 Å². The van der Waals surface area contributed by atoms with Crippen LogP contribution < -0.4 is 4.74 Å². The van der Waals surface area contributed by atoms with Crippen molar-refractivity contribution in [3.8, 4) is 27.7 Å². The second-order valence-corrected chi connectivity index (χ2v) is 5.05. The van der Waals surface area contributed by atoms with Crippen LogP contribution in [0.2, 0.25) is 0 Å². The maximum atomic E-state index is 5.18. The number of hydrogen-bond donors (Lipinski definition) is 0. The zero-order chi connectivity index (χ0) is 13.9. The summed E-state index contributed by atoms with van der Waals surface area (Å²) in [5.74, 6) is 0.826. The van der Waals surface area contributed by atoms with Gasteiger partial charge in [0.25, 0.3) is 0 Å². The van der Waals surface area contributed by atoms with Gasteiger partial charge in [0.2, 0.25) is 0 Å². The van der Waals surface area contributed by atoms with Crippen LogP contribution in [0.5, 0.6) is 5.75 Å². The van der Waals surface area contributed by atoms with Gasteiger partial charge < -0.3 is 4.74 Å². The Kier molecular flexibility index (Phi) is 3.47. The van der Waals surface area contributed by atoms with E-state index in [0.717, 1.165) is 34.3 Å². The number of nitrogens with zero attached hydrogens (tertiary/aromatic N) is 4. The van der Waals surface area contributed by atoms with Crippen molar-refractivity contribution >= 4 is 11.3 Å². The molecule has 0 aliphatic heterocycles. The Morgan fingerprint density at radius 3 is 2.50 bits per heavy atom. The van der Waals surface area contributed by atoms with Crippen LogP contribution >= 0.6 is 11.3 Å². The van der Waals surface area contributed by atoms with Crippen LogP contribution in [0.1, 0.15) is 6.92 Å². The summed E-state index contributed by atoms with van der Waals surface area (Å²) in [4.78, 5) is 6.02. The average Bonchev–Trinajstić information content (AvgIpc) is 3.16. The summed E-state index contributed by atoms with van der Waals surface area (Å²) in [7, 11) is 1.66. The number of aromatic nitrogens is 4. The fourth-order valence-electron chi connectivity index (χ4n) is 1.92. The lowest BCUT2D eigenvalue weighted by Gasteiger charge is -2.01. The van der Waals surface area contributed by atoms with E-state index in [1.807, 2.05) is 36.6 Å². The molecule has 0 unspecified atom stereocenters. The van der Waals surface area contributed by atoms with Crippen molar-refractivity contribution < 1.29 is 4.74 Å². The number of rotatable bonds is 4. The lowest BCUT2D eigenvalue weighted by Crippen LogP contribution is -1.98. The highest BCUT2D eigenvalue weighted by Crippen LogP contribution is 2.30. The fraction of sp³-hybridized carbons (Fsp3) is 0.214. The lowest BCUT2D eigenvalue weighted by molar-refractivity contribution is 0.415. The molecule has 0 fully saturated rings. The Morgan fingerprint density at radius 1 is 1.15 bits per heavy atom. The van der Waals surface area contributed by atoms with Crippen LogP contribution in [0.4, 0.5) is 0 Å². The highest BCUT2D eigenvalue weighted by atomic mass is 32.1. The van der Waals surface area contributed by atoms with E-state index in [1.165, 1.54) is 0 Å². The van der Waals surface area contributed by atoms with Crippen LogP contribution in [0.25, 0.3) is 22.0 Å². The first-order chi connectivity index (χ1) is 9.81. The zero-order valence-corrected chi connectivity index (χ0v) is 12.1. The van der Waals surface area contributed by atoms with Crippen molar-refractivity contribution in [3.05, 3.63) is 35.8 Å². The summed E-state index contributed by atoms with van der Waals surface area (Å²) in [6.45, 7) is 2.75. The third kappa shape index (κ3) is 2.30. The molecule has 0 aliphatic rings. The van der Waals surface area contributed by atoms with Crippen LogP contribution in [0, 0.1) is 0 Å². The van der Waals surface area contributed by atoms with E-state index in [9.17, 15) is 0 Å². The van der Waals surface area contributed by atoms with Crippen molar-refractivity contribution in [2.75, 3.05) is 7.11 Å². The van der Waals surface area contributed by atoms with Crippen molar-refractivity contribution in [1.29, 1.82) is 0 Å². The van der Waals surface area contributed by atoms with Gasteiger partial charge in [0.05, 0.1) is 13.7 Å². The van der Waals surface area contributed by atoms with Crippen molar-refractivity contribution in [3.63, 3.8) is 0 Å². The van der Waals surface area contributed by atoms with Gasteiger partial charge in [0.1, 0.15) is 22.1 Å². The monoisotopic (exact) mass is 286 g/mol. The van der Waals surface area contributed by atoms with Gasteiger partial charge in [-0.1, -0.05) is 0 Å². The molecule has 0 atom stereocenters. The molecule has 102 valence electrons. The predicted octanol–water partition coefficient (Wildman–Crippen LogP) is 3.10. The van der Waals surface area contributed by atoms with E-state index < -0.39 is 0 Å². The molecule has 0 saturated heterocycles. The molecular weight excluding hydrogens is 272 g/mol. The molecule has 0 spiro atoms. The molecule has 5 nitrogen and oxygen atoms in total. The third-order valence-corrected chi connectivity index (χ3v) is 3.72. The van der Waals surface area contributed by atoms with E-state index in [4.69, 9.17) is 4.74 Å². The highest BCUT2D eigenvalue weighted by molar-refractivity contribution is 7.13. The lowest BCUT2D eigenvalue weighted by atomic mass is 10.1. The molecule has 2 aromatic heterocycles. The SMILES string of the molecule is CCn1nc(-c2ccc(OC)cc2)c(-c2nccs2)n1. The number of thiazole rings is 1. The standard InChI is InChI=1S/C14H14N4OS/c1-3-18-16-12(10-4-6-11(19-2)7-5-10)13(17-18)14-15-8-9-20-14/h4-9H,3H2,1-2H3. The minimum absolute atomic E-state index is 0.731. The quantitative estimate of drug-likeness (QED) is 0.739. The van der Waals surface area contributed by atoms with Crippen LogP contribution in [0.3, 0.4) is 0 Å². The predicted molar refractivity (Wildman–Crippen MR) is 78.8 cm³/mol. The second kappa shape index (κ2) is 5.42. The number of hydrogen-bond acceptors (Lipinski definition) is 5. The van der Waals surface area contributed by atoms with E-state index in [2.05, 4.69) is 15.2 Å². The van der Waals surface area contributed by atoms with Gasteiger partial charge in [-0.25, -0.2) is 4.98 Å². The zero-order valence-electron chi connectivity index (χ0n) is 11.3. The maximum absolute atomic E-state index is 5.18. The second-order valence-electron chi connectivity index (χ2n) is 4.15. The smallest absolute Gasteiger partial charge is 0.149 e. The van der Waals surface area contributed by atoms with Gasteiger partial charge in [0.15, 0.2) is 0 Å². The van der Waals surface area contributed by atoms with Gasteiger partial charge >= 0.3 is 0 Å². The van der Waals surface area contributed by atoms with Crippen molar-refractivity contribution in [1.82, 2.24) is 20.0 Å². The number of ether oxygens (including phenoxy) is 1. The molecule has 2 heterocycles. The summed E-state index contributed by atoms with van der Waals surface area (Å²) in [6.07, 6.45) is 1.78. The molecule has 0 N–H and O–H groups in total.